The van der Waals surface area contributed by atoms with Gasteiger partial charge in [0.2, 0.25) is 0 Å². The van der Waals surface area contributed by atoms with E-state index in [2.05, 4.69) is 242 Å². The number of nitrogens with zero attached hydrogens (tertiary/aromatic N) is 2. The average Bonchev–Trinajstić information content (AvgIpc) is 3.85. The highest BCUT2D eigenvalue weighted by Crippen LogP contribution is 2.57. The predicted octanol–water partition coefficient (Wildman–Crippen LogP) is 18.5. The normalized spacial score (nSPS) is 13.8. The third-order valence-corrected chi connectivity index (χ3v) is 16.5. The molecule has 3 heteroatoms. The van der Waals surface area contributed by atoms with Crippen molar-refractivity contribution in [1.82, 2.24) is 4.57 Å². The Morgan fingerprint density at radius 1 is 0.368 bits per heavy atom. The predicted molar refractivity (Wildman–Crippen MR) is 290 cm³/mol. The van der Waals surface area contributed by atoms with Crippen LogP contribution in [0.2, 0.25) is 0 Å². The average molecular weight is 883 g/mol. The van der Waals surface area contributed by atoms with Gasteiger partial charge in [-0.2, -0.15) is 0 Å². The lowest BCUT2D eigenvalue weighted by atomic mass is 9.82. The van der Waals surface area contributed by atoms with Crippen LogP contribution in [0.4, 0.5) is 17.1 Å². The SMILES string of the molecule is CC1(C)c2ccccc2-c2ccc(N3c4cc(-c5ccc6c(c5)c5c7ccccc7ccc5n6-c5ccc6c7ccccc7c7ccccc7c6c5)ccc4Sc4c3ccc3ccccc43)cc21. The minimum atomic E-state index is -0.114. The number of fused-ring (bicyclic) bond motifs is 18. The van der Waals surface area contributed by atoms with Crippen molar-refractivity contribution in [1.29, 1.82) is 0 Å². The van der Waals surface area contributed by atoms with E-state index in [-0.39, 0.29) is 5.41 Å². The van der Waals surface area contributed by atoms with Crippen LogP contribution in [0.15, 0.2) is 228 Å². The summed E-state index contributed by atoms with van der Waals surface area (Å²) in [4.78, 5) is 5.07. The topological polar surface area (TPSA) is 8.17 Å². The summed E-state index contributed by atoms with van der Waals surface area (Å²) in [7, 11) is 0. The van der Waals surface area contributed by atoms with E-state index in [1.807, 2.05) is 11.8 Å². The summed E-state index contributed by atoms with van der Waals surface area (Å²) in [5, 5.41) is 15.3. The Hall–Kier alpha value is -8.11. The van der Waals surface area contributed by atoms with E-state index < -0.39 is 0 Å². The fourth-order valence-electron chi connectivity index (χ4n) is 12.1. The standard InChI is InChI=1S/C65H42N2S/c1-65(2)56-22-12-11-21-52(56)53-30-28-44(38-57(53)65)67-60-33-24-40-14-4-6-16-46(40)64(60)68-62-34-26-42(36-61(62)67)41-25-31-58-55(35-41)63-45-15-5-3-13-39(45)23-32-59(63)66(58)43-27-29-51-49-19-8-7-17-47(49)48-18-9-10-20-50(48)54(51)37-43/h3-38H,1-2H3. The molecule has 0 saturated heterocycles. The van der Waals surface area contributed by atoms with Crippen molar-refractivity contribution in [3.63, 3.8) is 0 Å². The van der Waals surface area contributed by atoms with Gasteiger partial charge in [0.15, 0.2) is 0 Å². The molecule has 0 saturated carbocycles. The molecule has 0 unspecified atom stereocenters. The van der Waals surface area contributed by atoms with E-state index in [9.17, 15) is 0 Å². The molecule has 2 aliphatic rings. The first-order valence-corrected chi connectivity index (χ1v) is 24.5. The van der Waals surface area contributed by atoms with Gasteiger partial charge >= 0.3 is 0 Å². The second kappa shape index (κ2) is 14.0. The number of aromatic nitrogens is 1. The number of hydrogen-bond acceptors (Lipinski definition) is 2. The highest BCUT2D eigenvalue weighted by Gasteiger charge is 2.36. The zero-order valence-electron chi connectivity index (χ0n) is 37.6. The molecule has 13 aromatic rings. The van der Waals surface area contributed by atoms with Crippen molar-refractivity contribution in [3.8, 4) is 27.9 Å². The first-order valence-electron chi connectivity index (χ1n) is 23.7. The maximum atomic E-state index is 2.53. The molecule has 0 N–H and O–H groups in total. The van der Waals surface area contributed by atoms with Crippen molar-refractivity contribution in [2.45, 2.75) is 29.1 Å². The Morgan fingerprint density at radius 3 is 1.75 bits per heavy atom. The van der Waals surface area contributed by atoms with E-state index in [1.54, 1.807) is 0 Å². The summed E-state index contributed by atoms with van der Waals surface area (Å²) in [6.45, 7) is 4.75. The molecule has 0 radical (unpaired) electrons. The zero-order valence-corrected chi connectivity index (χ0v) is 38.4. The molecule has 15 rings (SSSR count). The van der Waals surface area contributed by atoms with Crippen LogP contribution < -0.4 is 4.90 Å². The molecule has 318 valence electrons. The van der Waals surface area contributed by atoms with Crippen LogP contribution in [-0.4, -0.2) is 4.57 Å². The van der Waals surface area contributed by atoms with Crippen molar-refractivity contribution >= 4 is 104 Å². The van der Waals surface area contributed by atoms with Gasteiger partial charge in [0.05, 0.1) is 22.4 Å². The first-order chi connectivity index (χ1) is 33.5. The van der Waals surface area contributed by atoms with Gasteiger partial charge in [0, 0.05) is 37.4 Å². The van der Waals surface area contributed by atoms with Gasteiger partial charge in [-0.1, -0.05) is 183 Å². The van der Waals surface area contributed by atoms with Gasteiger partial charge in [0.25, 0.3) is 0 Å². The second-order valence-electron chi connectivity index (χ2n) is 19.2. The van der Waals surface area contributed by atoms with E-state index in [1.165, 1.54) is 136 Å². The Balaban J connectivity index is 0.936. The molecule has 1 aliphatic heterocycles. The molecular weight excluding hydrogens is 841 g/mol. The van der Waals surface area contributed by atoms with Crippen molar-refractivity contribution < 1.29 is 0 Å². The van der Waals surface area contributed by atoms with E-state index in [0.29, 0.717) is 0 Å². The van der Waals surface area contributed by atoms with Crippen LogP contribution in [0.5, 0.6) is 0 Å². The molecule has 0 spiro atoms. The number of rotatable bonds is 3. The molecule has 0 amide bonds. The molecule has 2 heterocycles. The van der Waals surface area contributed by atoms with Gasteiger partial charge in [-0.25, -0.2) is 0 Å². The molecule has 2 nitrogen and oxygen atoms in total. The molecule has 1 aliphatic carbocycles. The second-order valence-corrected chi connectivity index (χ2v) is 20.3. The summed E-state index contributed by atoms with van der Waals surface area (Å²) in [5.74, 6) is 0. The zero-order chi connectivity index (χ0) is 44.8. The van der Waals surface area contributed by atoms with E-state index in [0.717, 1.165) is 5.69 Å². The lowest BCUT2D eigenvalue weighted by molar-refractivity contribution is 0.660. The maximum Gasteiger partial charge on any atom is 0.0608 e. The highest BCUT2D eigenvalue weighted by atomic mass is 32.2. The monoisotopic (exact) mass is 882 g/mol. The van der Waals surface area contributed by atoms with Gasteiger partial charge in [-0.3, -0.25) is 0 Å². The van der Waals surface area contributed by atoms with Crippen LogP contribution in [0.3, 0.4) is 0 Å². The van der Waals surface area contributed by atoms with Crippen LogP contribution in [-0.2, 0) is 5.41 Å². The molecular formula is C65H42N2S. The lowest BCUT2D eigenvalue weighted by Gasteiger charge is -2.35. The van der Waals surface area contributed by atoms with Crippen molar-refractivity contribution in [3.05, 3.63) is 230 Å². The minimum Gasteiger partial charge on any atom is -0.309 e. The van der Waals surface area contributed by atoms with E-state index in [4.69, 9.17) is 0 Å². The Labute approximate surface area is 398 Å². The molecule has 68 heavy (non-hydrogen) atoms. The third-order valence-electron chi connectivity index (χ3n) is 15.3. The molecule has 0 bridgehead atoms. The number of anilines is 3. The van der Waals surface area contributed by atoms with Crippen LogP contribution >= 0.6 is 11.8 Å². The molecule has 0 atom stereocenters. The van der Waals surface area contributed by atoms with Gasteiger partial charge in [-0.05, 0) is 148 Å². The van der Waals surface area contributed by atoms with Crippen molar-refractivity contribution in [2.24, 2.45) is 0 Å². The van der Waals surface area contributed by atoms with E-state index >= 15 is 0 Å². The fourth-order valence-corrected chi connectivity index (χ4v) is 13.3. The fraction of sp³-hybridized carbons (Fsp3) is 0.0462. The highest BCUT2D eigenvalue weighted by molar-refractivity contribution is 8.00. The van der Waals surface area contributed by atoms with Crippen LogP contribution in [0.25, 0.3) is 104 Å². The third kappa shape index (κ3) is 5.25. The summed E-state index contributed by atoms with van der Waals surface area (Å²) >= 11 is 1.89. The Kier molecular flexibility index (Phi) is 7.81. The molecule has 0 fully saturated rings. The maximum absolute atomic E-state index is 2.53. The Bertz CT molecular complexity index is 4310. The van der Waals surface area contributed by atoms with Gasteiger partial charge in [-0.15, -0.1) is 0 Å². The minimum absolute atomic E-state index is 0.114. The largest absolute Gasteiger partial charge is 0.309 e. The van der Waals surface area contributed by atoms with Crippen LogP contribution in [0, 0.1) is 0 Å². The quantitative estimate of drug-likeness (QED) is 0.163. The van der Waals surface area contributed by atoms with Crippen molar-refractivity contribution in [2.75, 3.05) is 4.90 Å². The number of benzene rings is 12. The van der Waals surface area contributed by atoms with Gasteiger partial charge in [0.1, 0.15) is 0 Å². The summed E-state index contributed by atoms with van der Waals surface area (Å²) in [6.07, 6.45) is 0. The lowest BCUT2D eigenvalue weighted by Crippen LogP contribution is -2.18. The molecule has 1 aromatic heterocycles. The molecule has 12 aromatic carbocycles. The first kappa shape index (κ1) is 38.0. The Morgan fingerprint density at radius 2 is 0.956 bits per heavy atom. The number of hydrogen-bond donors (Lipinski definition) is 0. The summed E-state index contributed by atoms with van der Waals surface area (Å²) < 4.78 is 2.49. The summed E-state index contributed by atoms with van der Waals surface area (Å²) in [5.41, 5.74) is 14.9. The smallest absolute Gasteiger partial charge is 0.0608 e. The summed E-state index contributed by atoms with van der Waals surface area (Å²) in [6, 6.07) is 82.1. The van der Waals surface area contributed by atoms with Gasteiger partial charge < -0.3 is 9.47 Å². The van der Waals surface area contributed by atoms with Crippen LogP contribution in [0.1, 0.15) is 25.0 Å².